The van der Waals surface area contributed by atoms with Gasteiger partial charge in [0.25, 0.3) is 0 Å². The van der Waals surface area contributed by atoms with Crippen LogP contribution in [0.1, 0.15) is 34.1 Å². The van der Waals surface area contributed by atoms with Crippen molar-refractivity contribution in [2.45, 2.75) is 45.2 Å². The van der Waals surface area contributed by atoms with Gasteiger partial charge in [-0.3, -0.25) is 4.90 Å². The predicted octanol–water partition coefficient (Wildman–Crippen LogP) is 1.47. The van der Waals surface area contributed by atoms with Crippen LogP contribution in [0.4, 0.5) is 0 Å². The third-order valence-corrected chi connectivity index (χ3v) is 3.29. The number of hydrogen-bond acceptors (Lipinski definition) is 2. The lowest BCUT2D eigenvalue weighted by Gasteiger charge is -2.44. The minimum absolute atomic E-state index is 0.278. The Hall–Kier alpha value is -0.0800. The fraction of sp³-hybridized carbons (Fsp3) is 1.00. The highest BCUT2D eigenvalue weighted by atomic mass is 15.3. The topological polar surface area (TPSA) is 15.3 Å². The van der Waals surface area contributed by atoms with E-state index in [1.54, 1.807) is 0 Å². The smallest absolute Gasteiger partial charge is 0.0279 e. The minimum atomic E-state index is 0.278. The molecule has 1 fully saturated rings. The van der Waals surface area contributed by atoms with Gasteiger partial charge < -0.3 is 5.32 Å². The highest BCUT2D eigenvalue weighted by molar-refractivity contribution is 4.94. The van der Waals surface area contributed by atoms with E-state index < -0.39 is 0 Å². The van der Waals surface area contributed by atoms with Crippen LogP contribution in [0.3, 0.4) is 0 Å². The molecule has 72 valence electrons. The molecule has 0 atom stereocenters. The summed E-state index contributed by atoms with van der Waals surface area (Å²) < 4.78 is 0. The second-order valence-corrected chi connectivity index (χ2v) is 5.11. The van der Waals surface area contributed by atoms with E-state index in [9.17, 15) is 0 Å². The lowest BCUT2D eigenvalue weighted by atomic mass is 9.93. The Balaban J connectivity index is 2.81. The van der Waals surface area contributed by atoms with E-state index in [0.29, 0.717) is 5.54 Å². The second-order valence-electron chi connectivity index (χ2n) is 5.11. The summed E-state index contributed by atoms with van der Waals surface area (Å²) in [5.41, 5.74) is 0.604. The normalized spacial score (nSPS) is 29.8. The van der Waals surface area contributed by atoms with Gasteiger partial charge in [-0.25, -0.2) is 0 Å². The molecule has 1 saturated heterocycles. The predicted molar refractivity (Wildman–Crippen MR) is 53.4 cm³/mol. The van der Waals surface area contributed by atoms with Crippen LogP contribution in [-0.2, 0) is 0 Å². The fourth-order valence-corrected chi connectivity index (χ4v) is 1.89. The van der Waals surface area contributed by atoms with E-state index >= 15 is 0 Å². The number of nitrogens with zero attached hydrogens (tertiary/aromatic N) is 1. The number of hydrogen-bond donors (Lipinski definition) is 1. The van der Waals surface area contributed by atoms with Crippen molar-refractivity contribution in [1.29, 1.82) is 0 Å². The molecule has 1 aliphatic heterocycles. The molecule has 1 rings (SSSR count). The Morgan fingerprint density at radius 3 is 2.25 bits per heavy atom. The monoisotopic (exact) mass is 170 g/mol. The molecule has 1 heterocycles. The molecule has 1 N–H and O–H groups in total. The van der Waals surface area contributed by atoms with Crippen molar-refractivity contribution in [2.24, 2.45) is 0 Å². The number of likely N-dealkylation sites (N-methyl/N-ethyl adjacent to an activating group) is 1. The zero-order chi connectivity index (χ0) is 9.41. The fourth-order valence-electron chi connectivity index (χ4n) is 1.89. The third-order valence-electron chi connectivity index (χ3n) is 3.29. The molecule has 2 nitrogen and oxygen atoms in total. The maximum atomic E-state index is 3.48. The van der Waals surface area contributed by atoms with Gasteiger partial charge in [0.2, 0.25) is 0 Å². The van der Waals surface area contributed by atoms with Crippen LogP contribution in [0.5, 0.6) is 0 Å². The van der Waals surface area contributed by atoms with E-state index in [2.05, 4.69) is 45.0 Å². The molecule has 0 spiro atoms. The summed E-state index contributed by atoms with van der Waals surface area (Å²) >= 11 is 0. The van der Waals surface area contributed by atoms with Crippen LogP contribution >= 0.6 is 0 Å². The van der Waals surface area contributed by atoms with Crippen LogP contribution in [0.25, 0.3) is 0 Å². The van der Waals surface area contributed by atoms with Gasteiger partial charge in [-0.1, -0.05) is 0 Å². The molecule has 0 unspecified atom stereocenters. The minimum Gasteiger partial charge on any atom is -0.315 e. The summed E-state index contributed by atoms with van der Waals surface area (Å²) in [7, 11) is 2.23. The van der Waals surface area contributed by atoms with Crippen LogP contribution in [0.2, 0.25) is 0 Å². The lowest BCUT2D eigenvalue weighted by Crippen LogP contribution is -2.54. The van der Waals surface area contributed by atoms with E-state index in [1.165, 1.54) is 6.42 Å². The molecule has 0 aromatic rings. The second kappa shape index (κ2) is 3.00. The molecule has 0 bridgehead atoms. The summed E-state index contributed by atoms with van der Waals surface area (Å²) in [4.78, 5) is 2.49. The first-order valence-corrected chi connectivity index (χ1v) is 4.81. The van der Waals surface area contributed by atoms with Crippen molar-refractivity contribution < 1.29 is 0 Å². The number of nitrogens with one attached hydrogen (secondary N) is 1. The SMILES string of the molecule is CN1C(C)(C)CCNCC1(C)C. The molecule has 0 aromatic heterocycles. The third kappa shape index (κ3) is 1.80. The maximum Gasteiger partial charge on any atom is 0.0279 e. The van der Waals surface area contributed by atoms with Crippen LogP contribution in [0.15, 0.2) is 0 Å². The number of rotatable bonds is 0. The summed E-state index contributed by atoms with van der Waals surface area (Å²) in [5.74, 6) is 0. The van der Waals surface area contributed by atoms with Gasteiger partial charge in [0.15, 0.2) is 0 Å². The van der Waals surface area contributed by atoms with E-state index in [-0.39, 0.29) is 5.54 Å². The molecule has 0 radical (unpaired) electrons. The average Bonchev–Trinajstić information content (AvgIpc) is 2.02. The first-order chi connectivity index (χ1) is 5.36. The molecular formula is C10H22N2. The van der Waals surface area contributed by atoms with Gasteiger partial charge >= 0.3 is 0 Å². The summed E-state index contributed by atoms with van der Waals surface area (Å²) in [6, 6.07) is 0. The highest BCUT2D eigenvalue weighted by Gasteiger charge is 2.36. The first kappa shape index (κ1) is 10.0. The Morgan fingerprint density at radius 2 is 1.67 bits per heavy atom. The van der Waals surface area contributed by atoms with Crippen molar-refractivity contribution >= 4 is 0 Å². The Labute approximate surface area is 76.3 Å². The maximum absolute atomic E-state index is 3.48. The Kier molecular flexibility index (Phi) is 2.50. The van der Waals surface area contributed by atoms with Gasteiger partial charge in [0.05, 0.1) is 0 Å². The Morgan fingerprint density at radius 1 is 1.08 bits per heavy atom. The molecular weight excluding hydrogens is 148 g/mol. The van der Waals surface area contributed by atoms with E-state index in [4.69, 9.17) is 0 Å². The standard InChI is InChI=1S/C10H22N2/c1-9(2)6-7-11-8-10(3,4)12(9)5/h11H,6-8H2,1-5H3. The zero-order valence-corrected chi connectivity index (χ0v) is 9.07. The van der Waals surface area contributed by atoms with Crippen molar-refractivity contribution in [3.05, 3.63) is 0 Å². The Bertz CT molecular complexity index is 143. The summed E-state index contributed by atoms with van der Waals surface area (Å²) in [5, 5.41) is 3.48. The zero-order valence-electron chi connectivity index (χ0n) is 9.07. The highest BCUT2D eigenvalue weighted by Crippen LogP contribution is 2.27. The van der Waals surface area contributed by atoms with Crippen molar-refractivity contribution in [3.8, 4) is 0 Å². The molecule has 2 heteroatoms. The van der Waals surface area contributed by atoms with Crippen molar-refractivity contribution in [1.82, 2.24) is 10.2 Å². The summed E-state index contributed by atoms with van der Waals surface area (Å²) in [6.45, 7) is 11.5. The largest absolute Gasteiger partial charge is 0.315 e. The molecule has 0 saturated carbocycles. The quantitative estimate of drug-likeness (QED) is 0.592. The molecule has 0 amide bonds. The van der Waals surface area contributed by atoms with Crippen molar-refractivity contribution in [3.63, 3.8) is 0 Å². The first-order valence-electron chi connectivity index (χ1n) is 4.81. The molecule has 0 aliphatic carbocycles. The van der Waals surface area contributed by atoms with Crippen LogP contribution in [0, 0.1) is 0 Å². The molecule has 12 heavy (non-hydrogen) atoms. The van der Waals surface area contributed by atoms with Gasteiger partial charge in [0.1, 0.15) is 0 Å². The molecule has 1 aliphatic rings. The molecule has 0 aromatic carbocycles. The summed E-state index contributed by atoms with van der Waals surface area (Å²) in [6.07, 6.45) is 1.23. The van der Waals surface area contributed by atoms with Gasteiger partial charge in [-0.05, 0) is 47.7 Å². The van der Waals surface area contributed by atoms with Gasteiger partial charge in [0, 0.05) is 17.6 Å². The lowest BCUT2D eigenvalue weighted by molar-refractivity contribution is 0.0579. The van der Waals surface area contributed by atoms with Crippen LogP contribution in [-0.4, -0.2) is 36.1 Å². The average molecular weight is 170 g/mol. The van der Waals surface area contributed by atoms with E-state index in [1.807, 2.05) is 0 Å². The van der Waals surface area contributed by atoms with E-state index in [0.717, 1.165) is 13.1 Å². The van der Waals surface area contributed by atoms with Crippen molar-refractivity contribution in [2.75, 3.05) is 20.1 Å². The van der Waals surface area contributed by atoms with Crippen LogP contribution < -0.4 is 5.32 Å². The van der Waals surface area contributed by atoms with Gasteiger partial charge in [-0.15, -0.1) is 0 Å². The van der Waals surface area contributed by atoms with Gasteiger partial charge in [-0.2, -0.15) is 0 Å².